The van der Waals surface area contributed by atoms with Gasteiger partial charge in [0.25, 0.3) is 5.92 Å². The number of pyridine rings is 1. The number of halogens is 3. The maximum Gasteiger partial charge on any atom is 0.282 e. The van der Waals surface area contributed by atoms with Crippen LogP contribution in [-0.4, -0.2) is 55.6 Å². The van der Waals surface area contributed by atoms with E-state index in [1.165, 1.54) is 33.1 Å². The number of anilines is 1. The topological polar surface area (TPSA) is 71.2 Å². The number of rotatable bonds is 6. The molecule has 0 radical (unpaired) electrons. The zero-order valence-corrected chi connectivity index (χ0v) is 20.7. The lowest BCUT2D eigenvalue weighted by Gasteiger charge is -2.40. The SMILES string of the molecule is Cc1cc(SN2CCn3nccc3C2)c(C)n1C.O=CNCc1c(F)ccnc1N1CC(F)(F)C1. The molecule has 2 aliphatic rings. The van der Waals surface area contributed by atoms with Crippen LogP contribution in [0, 0.1) is 19.7 Å². The van der Waals surface area contributed by atoms with Gasteiger partial charge < -0.3 is 14.8 Å². The van der Waals surface area contributed by atoms with Crippen LogP contribution >= 0.6 is 11.9 Å². The van der Waals surface area contributed by atoms with Crippen molar-refractivity contribution in [2.24, 2.45) is 7.05 Å². The monoisotopic (exact) mass is 507 g/mol. The van der Waals surface area contributed by atoms with Crippen molar-refractivity contribution in [1.29, 1.82) is 0 Å². The molecule has 0 spiro atoms. The maximum absolute atomic E-state index is 13.5. The van der Waals surface area contributed by atoms with E-state index in [1.807, 2.05) is 18.1 Å². The molecule has 0 unspecified atom stereocenters. The molecule has 0 atom stereocenters. The van der Waals surface area contributed by atoms with Crippen molar-refractivity contribution in [1.82, 2.24) is 29.0 Å². The van der Waals surface area contributed by atoms with Crippen molar-refractivity contribution < 1.29 is 18.0 Å². The van der Waals surface area contributed by atoms with Crippen LogP contribution in [0.4, 0.5) is 19.0 Å². The van der Waals surface area contributed by atoms with Gasteiger partial charge in [-0.05, 0) is 44.0 Å². The lowest BCUT2D eigenvalue weighted by Crippen LogP contribution is -2.57. The smallest absolute Gasteiger partial charge is 0.282 e. The quantitative estimate of drug-likeness (QED) is 0.408. The van der Waals surface area contributed by atoms with E-state index in [0.29, 0.717) is 6.41 Å². The maximum atomic E-state index is 13.5. The molecule has 0 aliphatic carbocycles. The van der Waals surface area contributed by atoms with Crippen LogP contribution in [0.3, 0.4) is 0 Å². The molecular formula is C23H28F3N7OS. The Kier molecular flexibility index (Phi) is 7.41. The third kappa shape index (κ3) is 5.64. The van der Waals surface area contributed by atoms with Crippen molar-refractivity contribution in [3.63, 3.8) is 0 Å². The molecule has 188 valence electrons. The van der Waals surface area contributed by atoms with Crippen molar-refractivity contribution in [3.05, 3.63) is 59.1 Å². The van der Waals surface area contributed by atoms with Gasteiger partial charge in [-0.25, -0.2) is 22.5 Å². The number of aryl methyl sites for hydroxylation is 1. The van der Waals surface area contributed by atoms with Crippen LogP contribution in [-0.2, 0) is 31.5 Å². The Morgan fingerprint density at radius 3 is 2.63 bits per heavy atom. The fraction of sp³-hybridized carbons (Fsp3) is 0.435. The molecule has 0 bridgehead atoms. The molecule has 2 aliphatic heterocycles. The Morgan fingerprint density at radius 2 is 1.97 bits per heavy atom. The number of carbonyl (C=O) groups excluding carboxylic acids is 1. The van der Waals surface area contributed by atoms with E-state index in [4.69, 9.17) is 0 Å². The number of fused-ring (bicyclic) bond motifs is 1. The Labute approximate surface area is 206 Å². The van der Waals surface area contributed by atoms with E-state index in [-0.39, 0.29) is 17.9 Å². The lowest BCUT2D eigenvalue weighted by atomic mass is 10.1. The normalized spacial score (nSPS) is 16.7. The van der Waals surface area contributed by atoms with Gasteiger partial charge in [0.15, 0.2) is 0 Å². The van der Waals surface area contributed by atoms with E-state index >= 15 is 0 Å². The fourth-order valence-corrected chi connectivity index (χ4v) is 5.13. The summed E-state index contributed by atoms with van der Waals surface area (Å²) < 4.78 is 45.7. The molecule has 1 saturated heterocycles. The molecule has 1 N–H and O–H groups in total. The van der Waals surface area contributed by atoms with E-state index in [0.717, 1.165) is 25.7 Å². The first-order chi connectivity index (χ1) is 16.7. The molecule has 3 aromatic heterocycles. The second-order valence-electron chi connectivity index (χ2n) is 8.60. The molecule has 8 nitrogen and oxygen atoms in total. The number of nitrogens with zero attached hydrogens (tertiary/aromatic N) is 6. The fourth-order valence-electron chi connectivity index (χ4n) is 3.99. The van der Waals surface area contributed by atoms with Gasteiger partial charge in [0.2, 0.25) is 6.41 Å². The summed E-state index contributed by atoms with van der Waals surface area (Å²) in [6.07, 6.45) is 3.52. The third-order valence-electron chi connectivity index (χ3n) is 6.14. The van der Waals surface area contributed by atoms with E-state index < -0.39 is 24.8 Å². The van der Waals surface area contributed by atoms with Gasteiger partial charge >= 0.3 is 0 Å². The summed E-state index contributed by atoms with van der Waals surface area (Å²) in [5.41, 5.74) is 4.09. The summed E-state index contributed by atoms with van der Waals surface area (Å²) >= 11 is 1.86. The van der Waals surface area contributed by atoms with Crippen LogP contribution in [0.2, 0.25) is 0 Å². The second-order valence-corrected chi connectivity index (χ2v) is 9.74. The molecular weight excluding hydrogens is 479 g/mol. The molecule has 5 rings (SSSR count). The van der Waals surface area contributed by atoms with Gasteiger partial charge in [0, 0.05) is 54.4 Å². The zero-order valence-electron chi connectivity index (χ0n) is 19.8. The largest absolute Gasteiger partial charge is 0.354 e. The Hall–Kier alpha value is -2.99. The first kappa shape index (κ1) is 25.1. The molecule has 0 aromatic carbocycles. The highest BCUT2D eigenvalue weighted by atomic mass is 32.2. The first-order valence-electron chi connectivity index (χ1n) is 11.2. The highest BCUT2D eigenvalue weighted by Gasteiger charge is 2.45. The number of nitrogens with one attached hydrogen (secondary N) is 1. The molecule has 35 heavy (non-hydrogen) atoms. The lowest BCUT2D eigenvalue weighted by molar-refractivity contribution is -0.109. The van der Waals surface area contributed by atoms with Crippen LogP contribution in [0.25, 0.3) is 0 Å². The number of carbonyl (C=O) groups is 1. The number of alkyl halides is 2. The van der Waals surface area contributed by atoms with Gasteiger partial charge in [-0.1, -0.05) is 0 Å². The van der Waals surface area contributed by atoms with Gasteiger partial charge in [0.1, 0.15) is 11.6 Å². The predicted octanol–water partition coefficient (Wildman–Crippen LogP) is 3.28. The van der Waals surface area contributed by atoms with Gasteiger partial charge in [0.05, 0.1) is 31.9 Å². The minimum absolute atomic E-state index is 0.0689. The highest BCUT2D eigenvalue weighted by molar-refractivity contribution is 7.97. The second kappa shape index (κ2) is 10.3. The number of hydrogen-bond acceptors (Lipinski definition) is 6. The average molecular weight is 508 g/mol. The number of amides is 1. The molecule has 1 fully saturated rings. The van der Waals surface area contributed by atoms with Crippen LogP contribution in [0.15, 0.2) is 35.5 Å². The average Bonchev–Trinajstić information content (AvgIpc) is 3.37. The summed E-state index contributed by atoms with van der Waals surface area (Å²) in [5, 5.41) is 6.61. The first-order valence-corrected chi connectivity index (χ1v) is 12.0. The summed E-state index contributed by atoms with van der Waals surface area (Å²) in [6.45, 7) is 6.33. The standard InChI is InChI=1S/C13H18N4S.C10H10F3N3O/c1-10-8-13(11(2)15(10)3)18-16-6-7-17-12(9-16)4-5-14-17;11-8-1-2-15-9(7(8)3-14-6-17)16-4-10(12,13)5-16/h4-5,8H,6-7,9H2,1-3H3;1-2,6H,3-5H2,(H,14,17). The Bertz CT molecular complexity index is 1190. The van der Waals surface area contributed by atoms with Crippen molar-refractivity contribution >= 4 is 24.2 Å². The predicted molar refractivity (Wildman–Crippen MR) is 128 cm³/mol. The minimum atomic E-state index is -2.75. The van der Waals surface area contributed by atoms with Gasteiger partial charge in [-0.3, -0.25) is 9.48 Å². The van der Waals surface area contributed by atoms with Gasteiger partial charge in [-0.15, -0.1) is 0 Å². The summed E-state index contributed by atoms with van der Waals surface area (Å²) in [7, 11) is 2.13. The highest BCUT2D eigenvalue weighted by Crippen LogP contribution is 2.33. The molecule has 1 amide bonds. The third-order valence-corrected chi connectivity index (χ3v) is 7.32. The van der Waals surface area contributed by atoms with Gasteiger partial charge in [-0.2, -0.15) is 5.10 Å². The number of hydrogen-bond donors (Lipinski definition) is 1. The molecule has 0 saturated carbocycles. The van der Waals surface area contributed by atoms with E-state index in [2.05, 4.69) is 62.0 Å². The zero-order chi connectivity index (χ0) is 25.2. The summed E-state index contributed by atoms with van der Waals surface area (Å²) in [5.74, 6) is -3.16. The number of aromatic nitrogens is 4. The minimum Gasteiger partial charge on any atom is -0.354 e. The Balaban J connectivity index is 0.000000165. The molecule has 12 heteroatoms. The van der Waals surface area contributed by atoms with Crippen molar-refractivity contribution in [2.45, 2.75) is 44.3 Å². The van der Waals surface area contributed by atoms with Crippen LogP contribution < -0.4 is 10.2 Å². The van der Waals surface area contributed by atoms with Crippen molar-refractivity contribution in [3.8, 4) is 0 Å². The Morgan fingerprint density at radius 1 is 1.20 bits per heavy atom. The van der Waals surface area contributed by atoms with E-state index in [1.54, 1.807) is 0 Å². The molecule has 3 aromatic rings. The van der Waals surface area contributed by atoms with Crippen molar-refractivity contribution in [2.75, 3.05) is 24.5 Å². The molecule has 5 heterocycles. The van der Waals surface area contributed by atoms with E-state index in [9.17, 15) is 18.0 Å². The summed E-state index contributed by atoms with van der Waals surface area (Å²) in [6, 6.07) is 5.50. The van der Waals surface area contributed by atoms with Crippen LogP contribution in [0.5, 0.6) is 0 Å². The van der Waals surface area contributed by atoms with Crippen LogP contribution in [0.1, 0.15) is 22.6 Å². The summed E-state index contributed by atoms with van der Waals surface area (Å²) in [4.78, 5) is 16.7.